The zero-order chi connectivity index (χ0) is 32.7. The molecule has 0 spiro atoms. The Hall–Kier alpha value is -5.00. The fourth-order valence-corrected chi connectivity index (χ4v) is 3.90. The van der Waals surface area contributed by atoms with Crippen LogP contribution in [-0.4, -0.2) is 43.9 Å². The van der Waals surface area contributed by atoms with Gasteiger partial charge in [0.05, 0.1) is 30.9 Å². The van der Waals surface area contributed by atoms with Crippen LogP contribution in [0.1, 0.15) is 64.8 Å². The molecule has 3 rings (SSSR count). The third-order valence-corrected chi connectivity index (χ3v) is 6.28. The van der Waals surface area contributed by atoms with E-state index in [0.717, 1.165) is 12.8 Å². The second kappa shape index (κ2) is 17.3. The van der Waals surface area contributed by atoms with Crippen LogP contribution in [0.4, 0.5) is 24.5 Å². The smallest absolute Gasteiger partial charge is 0.389 e. The van der Waals surface area contributed by atoms with Crippen molar-refractivity contribution in [1.29, 1.82) is 0 Å². The fourth-order valence-electron chi connectivity index (χ4n) is 3.90. The Bertz CT molecular complexity index is 1440. The van der Waals surface area contributed by atoms with Gasteiger partial charge in [-0.05, 0) is 98.3 Å². The largest absolute Gasteiger partial charge is 0.494 e. The predicted octanol–water partition coefficient (Wildman–Crippen LogP) is 6.77. The molecular weight excluding hydrogens is 593 g/mol. The van der Waals surface area contributed by atoms with Crippen molar-refractivity contribution in [3.8, 4) is 11.5 Å². The van der Waals surface area contributed by atoms with Crippen LogP contribution in [0.15, 0.2) is 72.8 Å². The number of hydrogen-bond acceptors (Lipinski definition) is 9. The molecule has 45 heavy (non-hydrogen) atoms. The summed E-state index contributed by atoms with van der Waals surface area (Å²) in [4.78, 5) is 36.5. The quantitative estimate of drug-likeness (QED) is 0.0578. The van der Waals surface area contributed by atoms with E-state index >= 15 is 0 Å². The van der Waals surface area contributed by atoms with E-state index in [1.807, 2.05) is 0 Å². The highest BCUT2D eigenvalue weighted by atomic mass is 19.4. The van der Waals surface area contributed by atoms with Crippen molar-refractivity contribution in [1.82, 2.24) is 0 Å². The first-order valence-electron chi connectivity index (χ1n) is 14.3. The molecule has 0 atom stereocenters. The van der Waals surface area contributed by atoms with Crippen LogP contribution >= 0.6 is 0 Å². The zero-order valence-corrected chi connectivity index (χ0v) is 24.5. The van der Waals surface area contributed by atoms with Gasteiger partial charge >= 0.3 is 24.1 Å². The first kappa shape index (κ1) is 34.5. The third kappa shape index (κ3) is 13.0. The number of rotatable bonds is 16. The summed E-state index contributed by atoms with van der Waals surface area (Å²) in [6.07, 6.45) is 0.462. The summed E-state index contributed by atoms with van der Waals surface area (Å²) in [5, 5.41) is 0. The lowest BCUT2D eigenvalue weighted by atomic mass is 10.1. The number of unbranched alkanes of at least 4 members (excludes halogenated alkanes) is 3. The molecule has 3 aromatic rings. The molecule has 9 nitrogen and oxygen atoms in total. The van der Waals surface area contributed by atoms with E-state index in [-0.39, 0.29) is 43.1 Å². The molecule has 0 radical (unpaired) electrons. The maximum absolute atomic E-state index is 12.4. The lowest BCUT2D eigenvalue weighted by Gasteiger charge is -2.09. The van der Waals surface area contributed by atoms with Crippen molar-refractivity contribution in [2.24, 2.45) is 0 Å². The molecule has 0 fully saturated rings. The van der Waals surface area contributed by atoms with Gasteiger partial charge in [-0.2, -0.15) is 13.2 Å². The van der Waals surface area contributed by atoms with Crippen molar-refractivity contribution in [2.75, 3.05) is 31.3 Å². The molecular formula is C33H35F3N2O7. The van der Waals surface area contributed by atoms with E-state index in [9.17, 15) is 27.6 Å². The number of benzene rings is 3. The zero-order valence-electron chi connectivity index (χ0n) is 24.5. The Balaban J connectivity index is 1.28. The fraction of sp³-hybridized carbons (Fsp3) is 0.303. The molecule has 0 saturated heterocycles. The number of nitrogen functional groups attached to an aromatic ring is 2. The van der Waals surface area contributed by atoms with Crippen molar-refractivity contribution in [2.45, 2.75) is 44.7 Å². The van der Waals surface area contributed by atoms with E-state index < -0.39 is 30.5 Å². The van der Waals surface area contributed by atoms with Crippen LogP contribution < -0.4 is 20.9 Å². The number of alkyl halides is 3. The van der Waals surface area contributed by atoms with Gasteiger partial charge < -0.3 is 30.4 Å². The SMILES string of the molecule is Nc1ccc(N)c(C(=O)OCCCCCCOC(=O)/C=C/c2ccc(OC(=O)c3ccc(OCCCC(F)(F)F)cc3)cc2)c1. The predicted molar refractivity (Wildman–Crippen MR) is 163 cm³/mol. The van der Waals surface area contributed by atoms with E-state index in [1.165, 1.54) is 36.4 Å². The van der Waals surface area contributed by atoms with Gasteiger partial charge in [0.2, 0.25) is 0 Å². The number of esters is 3. The molecule has 0 saturated carbocycles. The van der Waals surface area contributed by atoms with E-state index in [0.29, 0.717) is 35.5 Å². The van der Waals surface area contributed by atoms with Gasteiger partial charge in [0.1, 0.15) is 11.5 Å². The van der Waals surface area contributed by atoms with E-state index in [4.69, 9.17) is 30.4 Å². The second-order valence-electron chi connectivity index (χ2n) is 9.95. The summed E-state index contributed by atoms with van der Waals surface area (Å²) in [6.45, 7) is 0.408. The van der Waals surface area contributed by atoms with Crippen LogP contribution in [0.2, 0.25) is 0 Å². The van der Waals surface area contributed by atoms with Gasteiger partial charge in [0.25, 0.3) is 0 Å². The number of nitrogens with two attached hydrogens (primary N) is 2. The molecule has 0 aliphatic heterocycles. The summed E-state index contributed by atoms with van der Waals surface area (Å²) in [5.41, 5.74) is 13.4. The average Bonchev–Trinajstić information content (AvgIpc) is 3.01. The van der Waals surface area contributed by atoms with Gasteiger partial charge in [-0.25, -0.2) is 14.4 Å². The Labute approximate surface area is 258 Å². The third-order valence-electron chi connectivity index (χ3n) is 6.28. The van der Waals surface area contributed by atoms with Crippen LogP contribution in [-0.2, 0) is 14.3 Å². The van der Waals surface area contributed by atoms with E-state index in [1.54, 1.807) is 42.5 Å². The van der Waals surface area contributed by atoms with Gasteiger partial charge in [0, 0.05) is 23.9 Å². The average molecular weight is 629 g/mol. The summed E-state index contributed by atoms with van der Waals surface area (Å²) in [5.74, 6) is -0.992. The molecule has 12 heteroatoms. The normalized spacial score (nSPS) is 11.3. The van der Waals surface area contributed by atoms with Gasteiger partial charge in [-0.3, -0.25) is 0 Å². The number of carbonyl (C=O) groups excluding carboxylic acids is 3. The minimum atomic E-state index is -4.22. The first-order chi connectivity index (χ1) is 21.5. The van der Waals surface area contributed by atoms with Crippen LogP contribution in [0.25, 0.3) is 6.08 Å². The number of carbonyl (C=O) groups is 3. The summed E-state index contributed by atoms with van der Waals surface area (Å²) in [7, 11) is 0. The van der Waals surface area contributed by atoms with Crippen LogP contribution in [0.3, 0.4) is 0 Å². The van der Waals surface area contributed by atoms with Crippen molar-refractivity contribution < 1.29 is 46.5 Å². The Morgan fingerprint density at radius 3 is 2.02 bits per heavy atom. The van der Waals surface area contributed by atoms with Gasteiger partial charge in [0.15, 0.2) is 0 Å². The maximum atomic E-state index is 12.4. The summed E-state index contributed by atoms with van der Waals surface area (Å²) >= 11 is 0. The molecule has 4 N–H and O–H groups in total. The maximum Gasteiger partial charge on any atom is 0.389 e. The first-order valence-corrected chi connectivity index (χ1v) is 14.3. The van der Waals surface area contributed by atoms with Gasteiger partial charge in [-0.1, -0.05) is 12.1 Å². The monoisotopic (exact) mass is 628 g/mol. The second-order valence-corrected chi connectivity index (χ2v) is 9.95. The minimum Gasteiger partial charge on any atom is -0.494 e. The lowest BCUT2D eigenvalue weighted by Crippen LogP contribution is -2.10. The molecule has 3 aromatic carbocycles. The van der Waals surface area contributed by atoms with Gasteiger partial charge in [-0.15, -0.1) is 0 Å². The highest BCUT2D eigenvalue weighted by molar-refractivity contribution is 5.96. The standard InChI is InChI=1S/C33H35F3N2O7/c34-33(35,36)18-5-21-42-26-14-9-24(10-15-26)31(40)45-27-12-6-23(7-13-27)8-17-30(39)43-19-3-1-2-4-20-44-32(41)28-22-25(37)11-16-29(28)38/h6-17,22H,1-5,18-21,37-38H2/b17-8+. The topological polar surface area (TPSA) is 140 Å². The number of anilines is 2. The highest BCUT2D eigenvalue weighted by Crippen LogP contribution is 2.22. The van der Waals surface area contributed by atoms with Crippen molar-refractivity contribution in [3.05, 3.63) is 89.5 Å². The molecule has 0 amide bonds. The molecule has 0 aliphatic carbocycles. The number of ether oxygens (including phenoxy) is 4. The molecule has 0 heterocycles. The Morgan fingerprint density at radius 2 is 1.36 bits per heavy atom. The Morgan fingerprint density at radius 1 is 0.711 bits per heavy atom. The number of halogens is 3. The highest BCUT2D eigenvalue weighted by Gasteiger charge is 2.26. The van der Waals surface area contributed by atoms with Crippen molar-refractivity contribution in [3.63, 3.8) is 0 Å². The number of hydrogen-bond donors (Lipinski definition) is 2. The molecule has 0 bridgehead atoms. The van der Waals surface area contributed by atoms with Crippen LogP contribution in [0.5, 0.6) is 11.5 Å². The Kier molecular flexibility index (Phi) is 13.3. The van der Waals surface area contributed by atoms with E-state index in [2.05, 4.69) is 0 Å². The lowest BCUT2D eigenvalue weighted by molar-refractivity contribution is -0.138. The molecule has 0 aliphatic rings. The summed E-state index contributed by atoms with van der Waals surface area (Å²) in [6, 6.07) is 17.0. The van der Waals surface area contributed by atoms with Crippen LogP contribution in [0, 0.1) is 0 Å². The molecule has 0 aromatic heterocycles. The minimum absolute atomic E-state index is 0.0899. The molecule has 0 unspecified atom stereocenters. The summed E-state index contributed by atoms with van der Waals surface area (Å²) < 4.78 is 57.7. The van der Waals surface area contributed by atoms with Crippen molar-refractivity contribution >= 4 is 35.4 Å². The molecule has 240 valence electrons.